The SMILES string of the molecule is CS/C(C#N)=C\CC1CCOCC1. The smallest absolute Gasteiger partial charge is 0.106 e. The minimum Gasteiger partial charge on any atom is -0.381 e. The van der Waals surface area contributed by atoms with Crippen LogP contribution in [0.15, 0.2) is 11.0 Å². The zero-order chi connectivity index (χ0) is 9.52. The highest BCUT2D eigenvalue weighted by Crippen LogP contribution is 2.21. The number of nitriles is 1. The second-order valence-corrected chi connectivity index (χ2v) is 4.02. The Morgan fingerprint density at radius 1 is 1.62 bits per heavy atom. The van der Waals surface area contributed by atoms with Crippen molar-refractivity contribution in [1.29, 1.82) is 5.26 Å². The van der Waals surface area contributed by atoms with E-state index in [0.717, 1.165) is 43.3 Å². The van der Waals surface area contributed by atoms with E-state index in [1.807, 2.05) is 6.26 Å². The first-order valence-electron chi connectivity index (χ1n) is 4.58. The Morgan fingerprint density at radius 3 is 2.85 bits per heavy atom. The first kappa shape index (κ1) is 10.6. The van der Waals surface area contributed by atoms with Gasteiger partial charge in [-0.3, -0.25) is 0 Å². The van der Waals surface area contributed by atoms with Gasteiger partial charge in [-0.1, -0.05) is 6.08 Å². The summed E-state index contributed by atoms with van der Waals surface area (Å²) in [6.45, 7) is 1.78. The molecule has 0 aromatic carbocycles. The van der Waals surface area contributed by atoms with Crippen LogP contribution in [0.2, 0.25) is 0 Å². The first-order chi connectivity index (χ1) is 6.36. The van der Waals surface area contributed by atoms with Gasteiger partial charge in [0, 0.05) is 13.2 Å². The molecule has 0 saturated carbocycles. The molecule has 0 spiro atoms. The third-order valence-corrected chi connectivity index (χ3v) is 3.01. The molecule has 2 nitrogen and oxygen atoms in total. The number of thioether (sulfide) groups is 1. The van der Waals surface area contributed by atoms with E-state index in [1.54, 1.807) is 0 Å². The summed E-state index contributed by atoms with van der Waals surface area (Å²) in [6.07, 6.45) is 7.32. The van der Waals surface area contributed by atoms with Crippen molar-refractivity contribution in [3.05, 3.63) is 11.0 Å². The molecule has 0 aliphatic carbocycles. The summed E-state index contributed by atoms with van der Waals surface area (Å²) in [7, 11) is 0. The lowest BCUT2D eigenvalue weighted by Gasteiger charge is -2.20. The summed E-state index contributed by atoms with van der Waals surface area (Å²) in [4.78, 5) is 0.839. The monoisotopic (exact) mass is 197 g/mol. The highest BCUT2D eigenvalue weighted by molar-refractivity contribution is 8.02. The number of hydrogen-bond acceptors (Lipinski definition) is 3. The molecule has 1 saturated heterocycles. The molecule has 1 aliphatic heterocycles. The van der Waals surface area contributed by atoms with Gasteiger partial charge in [-0.05, 0) is 31.4 Å². The highest BCUT2D eigenvalue weighted by Gasteiger charge is 2.12. The number of rotatable bonds is 3. The van der Waals surface area contributed by atoms with Gasteiger partial charge < -0.3 is 4.74 Å². The van der Waals surface area contributed by atoms with Crippen LogP contribution in [0.3, 0.4) is 0 Å². The maximum Gasteiger partial charge on any atom is 0.106 e. The van der Waals surface area contributed by atoms with Gasteiger partial charge in [0.15, 0.2) is 0 Å². The molecule has 0 atom stereocenters. The van der Waals surface area contributed by atoms with Crippen LogP contribution in [0.1, 0.15) is 19.3 Å². The molecule has 13 heavy (non-hydrogen) atoms. The minimum absolute atomic E-state index is 0.726. The first-order valence-corrected chi connectivity index (χ1v) is 5.81. The molecule has 0 bridgehead atoms. The lowest BCUT2D eigenvalue weighted by atomic mass is 9.96. The van der Waals surface area contributed by atoms with E-state index in [1.165, 1.54) is 11.8 Å². The summed E-state index contributed by atoms with van der Waals surface area (Å²) >= 11 is 1.53. The largest absolute Gasteiger partial charge is 0.381 e. The Kier molecular flexibility index (Phi) is 4.95. The average molecular weight is 197 g/mol. The Labute approximate surface area is 84.0 Å². The molecule has 1 fully saturated rings. The van der Waals surface area contributed by atoms with Crippen LogP contribution in [-0.4, -0.2) is 19.5 Å². The second kappa shape index (κ2) is 6.06. The van der Waals surface area contributed by atoms with Crippen molar-refractivity contribution >= 4 is 11.8 Å². The summed E-state index contributed by atoms with van der Waals surface area (Å²) in [5.74, 6) is 0.726. The van der Waals surface area contributed by atoms with E-state index in [4.69, 9.17) is 10.00 Å². The van der Waals surface area contributed by atoms with Crippen molar-refractivity contribution < 1.29 is 4.74 Å². The normalized spacial score (nSPS) is 19.8. The van der Waals surface area contributed by atoms with E-state index < -0.39 is 0 Å². The maximum atomic E-state index is 8.69. The number of hydrogen-bond donors (Lipinski definition) is 0. The molecule has 72 valence electrons. The van der Waals surface area contributed by atoms with Crippen LogP contribution in [0, 0.1) is 17.2 Å². The molecule has 0 aromatic heterocycles. The topological polar surface area (TPSA) is 33.0 Å². The highest BCUT2D eigenvalue weighted by atomic mass is 32.2. The van der Waals surface area contributed by atoms with Gasteiger partial charge in [0.1, 0.15) is 6.07 Å². The maximum absolute atomic E-state index is 8.69. The van der Waals surface area contributed by atoms with Crippen LogP contribution in [0.4, 0.5) is 0 Å². The lowest BCUT2D eigenvalue weighted by Crippen LogP contribution is -2.14. The lowest BCUT2D eigenvalue weighted by molar-refractivity contribution is 0.0673. The molecule has 0 radical (unpaired) electrons. The number of allylic oxidation sites excluding steroid dienone is 2. The fraction of sp³-hybridized carbons (Fsp3) is 0.700. The fourth-order valence-corrected chi connectivity index (χ4v) is 1.78. The molecule has 0 N–H and O–H groups in total. The number of ether oxygens (including phenoxy) is 1. The summed E-state index contributed by atoms with van der Waals surface area (Å²) in [6, 6.07) is 2.18. The molecule has 1 heterocycles. The Balaban J connectivity index is 2.31. The van der Waals surface area contributed by atoms with Crippen molar-refractivity contribution in [1.82, 2.24) is 0 Å². The van der Waals surface area contributed by atoms with Crippen LogP contribution < -0.4 is 0 Å². The third-order valence-electron chi connectivity index (χ3n) is 2.31. The van der Waals surface area contributed by atoms with Crippen LogP contribution in [0.5, 0.6) is 0 Å². The predicted octanol–water partition coefficient (Wildman–Crippen LogP) is 2.57. The van der Waals surface area contributed by atoms with Gasteiger partial charge >= 0.3 is 0 Å². The molecule has 0 aromatic rings. The van der Waals surface area contributed by atoms with E-state index in [2.05, 4.69) is 12.1 Å². The third kappa shape index (κ3) is 3.84. The average Bonchev–Trinajstić information content (AvgIpc) is 2.21. The van der Waals surface area contributed by atoms with Gasteiger partial charge in [0.05, 0.1) is 4.91 Å². The molecular weight excluding hydrogens is 182 g/mol. The summed E-state index contributed by atoms with van der Waals surface area (Å²) in [5.41, 5.74) is 0. The standard InChI is InChI=1S/C10H15NOS/c1-13-10(8-11)3-2-9-4-6-12-7-5-9/h3,9H,2,4-7H2,1H3/b10-3-. The zero-order valence-electron chi connectivity index (χ0n) is 7.95. The van der Waals surface area contributed by atoms with Crippen molar-refractivity contribution in [3.8, 4) is 6.07 Å². The zero-order valence-corrected chi connectivity index (χ0v) is 8.77. The Morgan fingerprint density at radius 2 is 2.31 bits per heavy atom. The van der Waals surface area contributed by atoms with Crippen molar-refractivity contribution in [2.24, 2.45) is 5.92 Å². The number of nitrogens with zero attached hydrogens (tertiary/aromatic N) is 1. The molecule has 1 aliphatic rings. The molecule has 0 unspecified atom stereocenters. The van der Waals surface area contributed by atoms with E-state index in [0.29, 0.717) is 0 Å². The van der Waals surface area contributed by atoms with Gasteiger partial charge in [-0.15, -0.1) is 11.8 Å². The molecule has 1 rings (SSSR count). The van der Waals surface area contributed by atoms with Gasteiger partial charge in [-0.25, -0.2) is 0 Å². The minimum atomic E-state index is 0.726. The van der Waals surface area contributed by atoms with Gasteiger partial charge in [0.25, 0.3) is 0 Å². The van der Waals surface area contributed by atoms with Crippen LogP contribution >= 0.6 is 11.8 Å². The van der Waals surface area contributed by atoms with Crippen molar-refractivity contribution in [3.63, 3.8) is 0 Å². The summed E-state index contributed by atoms with van der Waals surface area (Å²) < 4.78 is 5.27. The molecular formula is C10H15NOS. The Bertz CT molecular complexity index is 213. The van der Waals surface area contributed by atoms with E-state index in [9.17, 15) is 0 Å². The molecule has 0 amide bonds. The Hall–Kier alpha value is -0.460. The summed E-state index contributed by atoms with van der Waals surface area (Å²) in [5, 5.41) is 8.69. The van der Waals surface area contributed by atoms with E-state index >= 15 is 0 Å². The van der Waals surface area contributed by atoms with E-state index in [-0.39, 0.29) is 0 Å². The molecule has 3 heteroatoms. The van der Waals surface area contributed by atoms with Crippen molar-refractivity contribution in [2.45, 2.75) is 19.3 Å². The second-order valence-electron chi connectivity index (χ2n) is 3.18. The van der Waals surface area contributed by atoms with Gasteiger partial charge in [-0.2, -0.15) is 5.26 Å². The predicted molar refractivity (Wildman–Crippen MR) is 55.4 cm³/mol. The van der Waals surface area contributed by atoms with Crippen LogP contribution in [-0.2, 0) is 4.74 Å². The fourth-order valence-electron chi connectivity index (χ4n) is 1.43. The van der Waals surface area contributed by atoms with Gasteiger partial charge in [0.2, 0.25) is 0 Å². The van der Waals surface area contributed by atoms with Crippen LogP contribution in [0.25, 0.3) is 0 Å². The quantitative estimate of drug-likeness (QED) is 0.652. The van der Waals surface area contributed by atoms with Crippen molar-refractivity contribution in [2.75, 3.05) is 19.5 Å².